The van der Waals surface area contributed by atoms with Crippen LogP contribution in [0.1, 0.15) is 47.7 Å². The van der Waals surface area contributed by atoms with Gasteiger partial charge in [-0.1, -0.05) is 80.6 Å². The molecule has 2 aliphatic heterocycles. The summed E-state index contributed by atoms with van der Waals surface area (Å²) in [6.07, 6.45) is 5.22. The Hall–Kier alpha value is -4.48. The molecule has 0 bridgehead atoms. The number of morpholine rings is 1. The lowest BCUT2D eigenvalue weighted by Gasteiger charge is -2.26. The number of carboxylic acid groups (broad SMARTS) is 1. The third-order valence-corrected chi connectivity index (χ3v) is 9.36. The molecule has 2 aliphatic rings. The number of fused-ring (bicyclic) bond motifs is 3. The summed E-state index contributed by atoms with van der Waals surface area (Å²) in [5.41, 5.74) is 6.04. The number of carbonyl (C=O) groups is 1. The second-order valence-corrected chi connectivity index (χ2v) is 12.6. The van der Waals surface area contributed by atoms with Crippen molar-refractivity contribution in [2.75, 3.05) is 52.6 Å². The Bertz CT molecular complexity index is 1930. The summed E-state index contributed by atoms with van der Waals surface area (Å²) in [5, 5.41) is 21.9. The number of nitrogens with zero attached hydrogens (tertiary/aromatic N) is 4. The zero-order valence-electron chi connectivity index (χ0n) is 29.5. The number of carboxylic acids is 1. The highest BCUT2D eigenvalue weighted by molar-refractivity contribution is 6.04. The molecule has 7 rings (SSSR count). The monoisotopic (exact) mass is 679 g/mol. The van der Waals surface area contributed by atoms with Crippen molar-refractivity contribution in [2.45, 2.75) is 46.4 Å². The standard InChI is InChI=1S/C36H38N4O5.C4H11N/c1-38-31-24-44-19-5-4-16-40-34-27(12-7-13-29(34)33(31)30(37-38)23-39-17-21-43-22-18-39)28(35(40)36(41)42)14-8-20-45-32-15-6-10-25-9-2-3-11-26(25)32;1-3-5-4-2/h2-7,9-13,15H,8,14,16-24H2,1H3,(H,41,42);5H,3-4H2,1-2H3/b5-4-;. The number of ether oxygens (including phenoxy) is 3. The van der Waals surface area contributed by atoms with E-state index in [4.69, 9.17) is 19.3 Å². The second kappa shape index (κ2) is 17.0. The maximum Gasteiger partial charge on any atom is 0.352 e. The van der Waals surface area contributed by atoms with E-state index in [1.165, 1.54) is 0 Å². The third kappa shape index (κ3) is 7.79. The molecule has 0 unspecified atom stereocenters. The van der Waals surface area contributed by atoms with Crippen LogP contribution in [-0.2, 0) is 42.6 Å². The van der Waals surface area contributed by atoms with Gasteiger partial charge in [-0.2, -0.15) is 5.10 Å². The van der Waals surface area contributed by atoms with Gasteiger partial charge in [-0.3, -0.25) is 9.58 Å². The van der Waals surface area contributed by atoms with E-state index < -0.39 is 5.97 Å². The lowest BCUT2D eigenvalue weighted by Crippen LogP contribution is -2.35. The molecule has 2 aromatic heterocycles. The smallest absolute Gasteiger partial charge is 0.352 e. The molecule has 2 N–H and O–H groups in total. The van der Waals surface area contributed by atoms with Gasteiger partial charge in [0.25, 0.3) is 0 Å². The van der Waals surface area contributed by atoms with E-state index in [-0.39, 0.29) is 0 Å². The van der Waals surface area contributed by atoms with Crippen LogP contribution in [0.25, 0.3) is 32.8 Å². The van der Waals surface area contributed by atoms with E-state index in [9.17, 15) is 9.90 Å². The molecule has 4 heterocycles. The van der Waals surface area contributed by atoms with Crippen LogP contribution in [0.2, 0.25) is 0 Å². The number of nitrogens with one attached hydrogen (secondary N) is 1. The van der Waals surface area contributed by atoms with Crippen molar-refractivity contribution in [3.63, 3.8) is 0 Å². The van der Waals surface area contributed by atoms with E-state index in [2.05, 4.69) is 54.4 Å². The molecular formula is C40H49N5O5. The van der Waals surface area contributed by atoms with Crippen molar-refractivity contribution in [3.05, 3.63) is 95.5 Å². The van der Waals surface area contributed by atoms with Gasteiger partial charge in [0.2, 0.25) is 0 Å². The molecule has 0 saturated carbocycles. The largest absolute Gasteiger partial charge is 0.493 e. The maximum atomic E-state index is 13.0. The molecule has 5 aromatic rings. The minimum absolute atomic E-state index is 0.326. The van der Waals surface area contributed by atoms with Gasteiger partial charge in [0, 0.05) is 55.1 Å². The highest BCUT2D eigenvalue weighted by Gasteiger charge is 2.28. The van der Waals surface area contributed by atoms with Crippen LogP contribution in [0.3, 0.4) is 0 Å². The Labute approximate surface area is 294 Å². The first-order chi connectivity index (χ1) is 24.5. The lowest BCUT2D eigenvalue weighted by atomic mass is 9.97. The minimum Gasteiger partial charge on any atom is -0.493 e. The molecule has 50 heavy (non-hydrogen) atoms. The molecule has 10 nitrogen and oxygen atoms in total. The number of hydrogen-bond donors (Lipinski definition) is 2. The number of aromatic carboxylic acids is 1. The van der Waals surface area contributed by atoms with E-state index in [0.717, 1.165) is 81.7 Å². The maximum absolute atomic E-state index is 13.0. The van der Waals surface area contributed by atoms with Gasteiger partial charge in [0.15, 0.2) is 0 Å². The normalized spacial score (nSPS) is 15.6. The quantitative estimate of drug-likeness (QED) is 0.129. The first kappa shape index (κ1) is 35.3. The van der Waals surface area contributed by atoms with Gasteiger partial charge in [-0.15, -0.1) is 0 Å². The number of para-hydroxylation sites is 1. The zero-order chi connectivity index (χ0) is 34.9. The number of allylic oxidation sites excluding steroid dienone is 1. The average molecular weight is 680 g/mol. The molecule has 0 aliphatic carbocycles. The molecule has 1 saturated heterocycles. The topological polar surface area (TPSA) is 103 Å². The van der Waals surface area contributed by atoms with Crippen molar-refractivity contribution in [1.82, 2.24) is 24.6 Å². The molecule has 0 atom stereocenters. The summed E-state index contributed by atoms with van der Waals surface area (Å²) < 4.78 is 21.8. The van der Waals surface area contributed by atoms with Crippen molar-refractivity contribution < 1.29 is 24.1 Å². The summed E-state index contributed by atoms with van der Waals surface area (Å²) >= 11 is 0. The average Bonchev–Trinajstić information content (AvgIpc) is 3.60. The van der Waals surface area contributed by atoms with Crippen LogP contribution in [-0.4, -0.2) is 82.9 Å². The fraction of sp³-hybridized carbons (Fsp3) is 0.400. The number of benzene rings is 3. The van der Waals surface area contributed by atoms with Crippen LogP contribution in [0.5, 0.6) is 5.75 Å². The molecule has 3 aromatic carbocycles. The third-order valence-electron chi connectivity index (χ3n) is 9.36. The van der Waals surface area contributed by atoms with Gasteiger partial charge in [-0.25, -0.2) is 4.79 Å². The van der Waals surface area contributed by atoms with E-state index in [1.807, 2.05) is 58.8 Å². The van der Waals surface area contributed by atoms with Crippen molar-refractivity contribution in [1.29, 1.82) is 0 Å². The van der Waals surface area contributed by atoms with Crippen LogP contribution < -0.4 is 10.1 Å². The lowest BCUT2D eigenvalue weighted by molar-refractivity contribution is 0.0336. The predicted octanol–water partition coefficient (Wildman–Crippen LogP) is 6.44. The Kier molecular flexibility index (Phi) is 12.0. The highest BCUT2D eigenvalue weighted by Crippen LogP contribution is 2.39. The van der Waals surface area contributed by atoms with E-state index >= 15 is 0 Å². The number of hydrogen-bond acceptors (Lipinski definition) is 7. The Balaban J connectivity index is 0.000000808. The van der Waals surface area contributed by atoms with Crippen LogP contribution in [0.15, 0.2) is 72.8 Å². The van der Waals surface area contributed by atoms with Gasteiger partial charge in [-0.05, 0) is 42.9 Å². The first-order valence-corrected chi connectivity index (χ1v) is 17.8. The molecule has 0 amide bonds. The Morgan fingerprint density at radius 2 is 1.72 bits per heavy atom. The molecular weight excluding hydrogens is 630 g/mol. The Morgan fingerprint density at radius 1 is 0.960 bits per heavy atom. The fourth-order valence-electron chi connectivity index (χ4n) is 7.01. The van der Waals surface area contributed by atoms with Crippen molar-refractivity contribution in [3.8, 4) is 16.9 Å². The summed E-state index contributed by atoms with van der Waals surface area (Å²) in [6.45, 7) is 11.9. The van der Waals surface area contributed by atoms with Gasteiger partial charge < -0.3 is 29.2 Å². The molecule has 264 valence electrons. The number of aryl methyl sites for hydroxylation is 2. The predicted molar refractivity (Wildman–Crippen MR) is 198 cm³/mol. The van der Waals surface area contributed by atoms with Gasteiger partial charge in [0.1, 0.15) is 11.4 Å². The first-order valence-electron chi connectivity index (χ1n) is 17.8. The summed E-state index contributed by atoms with van der Waals surface area (Å²) in [4.78, 5) is 15.3. The summed E-state index contributed by atoms with van der Waals surface area (Å²) in [7, 11) is 1.96. The summed E-state index contributed by atoms with van der Waals surface area (Å²) in [5.74, 6) is -0.0865. The second-order valence-electron chi connectivity index (χ2n) is 12.6. The van der Waals surface area contributed by atoms with Crippen LogP contribution in [0.4, 0.5) is 0 Å². The molecule has 1 fully saturated rings. The minimum atomic E-state index is -0.929. The highest BCUT2D eigenvalue weighted by atomic mass is 16.5. The Morgan fingerprint density at radius 3 is 2.50 bits per heavy atom. The number of rotatable bonds is 10. The van der Waals surface area contributed by atoms with E-state index in [0.29, 0.717) is 64.7 Å². The van der Waals surface area contributed by atoms with E-state index in [1.54, 1.807) is 0 Å². The van der Waals surface area contributed by atoms with Crippen molar-refractivity contribution in [2.24, 2.45) is 7.05 Å². The SMILES string of the molecule is CCNCC.Cn1nc(CN2CCOCC2)c2c1COC/C=C\Cn1c(C(=O)O)c(CCCOc3cccc4ccccc34)c3cccc-2c31. The van der Waals surface area contributed by atoms with Gasteiger partial charge in [0.05, 0.1) is 49.9 Å². The number of aromatic nitrogens is 3. The van der Waals surface area contributed by atoms with Crippen molar-refractivity contribution >= 4 is 27.6 Å². The molecule has 0 spiro atoms. The van der Waals surface area contributed by atoms with Gasteiger partial charge >= 0.3 is 5.97 Å². The molecule has 0 radical (unpaired) electrons. The van der Waals surface area contributed by atoms with Crippen LogP contribution in [0, 0.1) is 0 Å². The summed E-state index contributed by atoms with van der Waals surface area (Å²) in [6, 6.07) is 20.4. The zero-order valence-corrected chi connectivity index (χ0v) is 29.5. The fourth-order valence-corrected chi connectivity index (χ4v) is 7.01. The van der Waals surface area contributed by atoms with Crippen LogP contribution >= 0.6 is 0 Å². The molecule has 10 heteroatoms.